The van der Waals surface area contributed by atoms with Gasteiger partial charge in [-0.3, -0.25) is 4.98 Å². The highest BCUT2D eigenvalue weighted by atomic mass is 19.1. The van der Waals surface area contributed by atoms with Crippen molar-refractivity contribution in [3.63, 3.8) is 0 Å². The van der Waals surface area contributed by atoms with Crippen LogP contribution in [0.3, 0.4) is 0 Å². The summed E-state index contributed by atoms with van der Waals surface area (Å²) in [4.78, 5) is 7.66. The van der Waals surface area contributed by atoms with Gasteiger partial charge in [-0.2, -0.15) is 0 Å². The second-order valence-electron chi connectivity index (χ2n) is 7.85. The molecule has 1 N–H and O–H groups in total. The van der Waals surface area contributed by atoms with Crippen LogP contribution in [-0.2, 0) is 19.6 Å². The zero-order chi connectivity index (χ0) is 23.7. The van der Waals surface area contributed by atoms with Gasteiger partial charge >= 0.3 is 0 Å². The molecule has 0 amide bonds. The van der Waals surface area contributed by atoms with E-state index in [-0.39, 0.29) is 18.7 Å². The van der Waals surface area contributed by atoms with E-state index in [9.17, 15) is 17.6 Å². The van der Waals surface area contributed by atoms with Crippen LogP contribution < -0.4 is 10.2 Å². The van der Waals surface area contributed by atoms with Crippen molar-refractivity contribution in [2.75, 3.05) is 11.9 Å². The second kappa shape index (κ2) is 8.97. The van der Waals surface area contributed by atoms with Crippen LogP contribution in [0.1, 0.15) is 22.3 Å². The van der Waals surface area contributed by atoms with Crippen molar-refractivity contribution < 1.29 is 17.6 Å². The van der Waals surface area contributed by atoms with Crippen LogP contribution in [0.5, 0.6) is 0 Å². The summed E-state index contributed by atoms with van der Waals surface area (Å²) in [5.41, 5.74) is 3.15. The predicted molar refractivity (Wildman–Crippen MR) is 120 cm³/mol. The highest BCUT2D eigenvalue weighted by Gasteiger charge is 2.25. The molecule has 0 atom stereocenters. The molecule has 0 radical (unpaired) electrons. The zero-order valence-electron chi connectivity index (χ0n) is 18.0. The van der Waals surface area contributed by atoms with Crippen LogP contribution in [0, 0.1) is 23.3 Å². The number of benzene rings is 2. The molecule has 0 saturated heterocycles. The number of rotatable bonds is 6. The average Bonchev–Trinajstić information content (AvgIpc) is 2.77. The number of hydrogen-bond acceptors (Lipinski definition) is 4. The Labute approximate surface area is 189 Å². The normalized spacial score (nSPS) is 13.2. The van der Waals surface area contributed by atoms with Crippen LogP contribution in [0.25, 0.3) is 5.70 Å². The van der Waals surface area contributed by atoms with Crippen molar-refractivity contribution in [2.24, 2.45) is 0 Å². The first-order chi connectivity index (χ1) is 15.7. The third-order valence-electron chi connectivity index (χ3n) is 5.65. The molecular weight excluding hydrogens is 432 g/mol. The number of nitrogens with one attached hydrogen (secondary N) is 1. The van der Waals surface area contributed by atoms with Gasteiger partial charge < -0.3 is 15.1 Å². The van der Waals surface area contributed by atoms with Gasteiger partial charge in [0.05, 0.1) is 12.7 Å². The summed E-state index contributed by atoms with van der Waals surface area (Å²) in [6, 6.07) is 8.54. The van der Waals surface area contributed by atoms with Gasteiger partial charge in [-0.05, 0) is 23.3 Å². The minimum absolute atomic E-state index is 0.199. The molecule has 1 aromatic heterocycles. The Morgan fingerprint density at radius 3 is 2.48 bits per heavy atom. The summed E-state index contributed by atoms with van der Waals surface area (Å²) >= 11 is 0. The van der Waals surface area contributed by atoms with Gasteiger partial charge in [-0.1, -0.05) is 25.3 Å². The molecule has 4 nitrogen and oxygen atoms in total. The molecule has 33 heavy (non-hydrogen) atoms. The third kappa shape index (κ3) is 4.55. The molecule has 3 aromatic rings. The maximum atomic E-state index is 14.3. The number of aromatic nitrogens is 1. The molecule has 0 fully saturated rings. The highest BCUT2D eigenvalue weighted by Crippen LogP contribution is 2.35. The topological polar surface area (TPSA) is 31.4 Å². The SMILES string of the molecule is C=C(NCc1c(F)cc(F)cc1F)c1ccc2c(c1)N(Cc1ccncc1F)C(=C)N(C)C2. The molecule has 1 aliphatic heterocycles. The molecule has 2 heterocycles. The molecule has 4 rings (SSSR count). The molecule has 0 spiro atoms. The Morgan fingerprint density at radius 2 is 1.79 bits per heavy atom. The number of anilines is 1. The van der Waals surface area contributed by atoms with Crippen molar-refractivity contribution in [1.82, 2.24) is 15.2 Å². The summed E-state index contributed by atoms with van der Waals surface area (Å²) in [5.74, 6) is -2.63. The third-order valence-corrected chi connectivity index (χ3v) is 5.65. The number of pyridine rings is 1. The van der Waals surface area contributed by atoms with Gasteiger partial charge in [0.25, 0.3) is 0 Å². The molecule has 1 aliphatic rings. The Hall–Kier alpha value is -3.81. The smallest absolute Gasteiger partial charge is 0.146 e. The van der Waals surface area contributed by atoms with Crippen molar-refractivity contribution >= 4 is 11.4 Å². The Balaban J connectivity index is 1.59. The van der Waals surface area contributed by atoms with Gasteiger partial charge in [0.2, 0.25) is 0 Å². The fourth-order valence-electron chi connectivity index (χ4n) is 3.75. The van der Waals surface area contributed by atoms with E-state index < -0.39 is 23.3 Å². The van der Waals surface area contributed by atoms with Crippen LogP contribution >= 0.6 is 0 Å². The van der Waals surface area contributed by atoms with E-state index in [1.165, 1.54) is 12.4 Å². The largest absolute Gasteiger partial charge is 0.381 e. The van der Waals surface area contributed by atoms with Crippen LogP contribution in [0.2, 0.25) is 0 Å². The maximum absolute atomic E-state index is 14.3. The molecule has 2 aromatic carbocycles. The lowest BCUT2D eigenvalue weighted by molar-refractivity contribution is 0.381. The fraction of sp³-hybridized carbons (Fsp3) is 0.160. The molecular formula is C25H22F4N4. The monoisotopic (exact) mass is 454 g/mol. The van der Waals surface area contributed by atoms with Crippen molar-refractivity contribution in [1.29, 1.82) is 0 Å². The van der Waals surface area contributed by atoms with Gasteiger partial charge in [0, 0.05) is 61.0 Å². The van der Waals surface area contributed by atoms with E-state index in [1.807, 2.05) is 35.0 Å². The van der Waals surface area contributed by atoms with E-state index >= 15 is 0 Å². The molecule has 170 valence electrons. The summed E-state index contributed by atoms with van der Waals surface area (Å²) in [6.45, 7) is 8.78. The van der Waals surface area contributed by atoms with Crippen molar-refractivity contribution in [3.8, 4) is 0 Å². The van der Waals surface area contributed by atoms with Gasteiger partial charge in [0.15, 0.2) is 0 Å². The van der Waals surface area contributed by atoms with Crippen molar-refractivity contribution in [2.45, 2.75) is 19.6 Å². The van der Waals surface area contributed by atoms with E-state index in [0.717, 1.165) is 11.3 Å². The minimum atomic E-state index is -0.974. The molecule has 0 bridgehead atoms. The van der Waals surface area contributed by atoms with Crippen LogP contribution in [0.15, 0.2) is 67.8 Å². The average molecular weight is 454 g/mol. The molecule has 0 unspecified atom stereocenters. The van der Waals surface area contributed by atoms with E-state index in [0.29, 0.717) is 41.3 Å². The zero-order valence-corrected chi connectivity index (χ0v) is 18.0. The van der Waals surface area contributed by atoms with Gasteiger partial charge in [-0.25, -0.2) is 17.6 Å². The van der Waals surface area contributed by atoms with Crippen molar-refractivity contribution in [3.05, 3.63) is 113 Å². The molecule has 0 saturated carbocycles. The quantitative estimate of drug-likeness (QED) is 0.511. The summed E-state index contributed by atoms with van der Waals surface area (Å²) in [6.07, 6.45) is 2.70. The minimum Gasteiger partial charge on any atom is -0.381 e. The summed E-state index contributed by atoms with van der Waals surface area (Å²) in [5, 5.41) is 2.90. The van der Waals surface area contributed by atoms with Gasteiger partial charge in [0.1, 0.15) is 29.1 Å². The summed E-state index contributed by atoms with van der Waals surface area (Å²) in [7, 11) is 1.90. The van der Waals surface area contributed by atoms with E-state index in [2.05, 4.69) is 23.5 Å². The Kier molecular flexibility index (Phi) is 6.09. The van der Waals surface area contributed by atoms with E-state index in [1.54, 1.807) is 6.07 Å². The fourth-order valence-corrected chi connectivity index (χ4v) is 3.75. The number of halogens is 4. The standard InChI is InChI=1S/C25H22F4N4/c1-15(31-11-21-22(27)9-20(26)10-23(21)28)17-4-5-19-13-32(3)16(2)33(25(19)8-17)14-18-6-7-30-12-24(18)29/h4-10,12,31H,1-2,11,13-14H2,3H3. The lowest BCUT2D eigenvalue weighted by atomic mass is 10.0. The maximum Gasteiger partial charge on any atom is 0.146 e. The second-order valence-corrected chi connectivity index (χ2v) is 7.85. The Bertz CT molecular complexity index is 1220. The molecule has 0 aliphatic carbocycles. The first-order valence-corrected chi connectivity index (χ1v) is 10.2. The first-order valence-electron chi connectivity index (χ1n) is 10.2. The highest BCUT2D eigenvalue weighted by molar-refractivity contribution is 5.70. The lowest BCUT2D eigenvalue weighted by Crippen LogP contribution is -2.37. The Morgan fingerprint density at radius 1 is 1.06 bits per heavy atom. The van der Waals surface area contributed by atoms with Crippen LogP contribution in [0.4, 0.5) is 23.2 Å². The number of nitrogens with zero attached hydrogens (tertiary/aromatic N) is 3. The molecule has 8 heteroatoms. The van der Waals surface area contributed by atoms with Gasteiger partial charge in [-0.15, -0.1) is 0 Å². The lowest BCUT2D eigenvalue weighted by Gasteiger charge is -2.39. The summed E-state index contributed by atoms with van der Waals surface area (Å²) < 4.78 is 55.3. The first kappa shape index (κ1) is 22.4. The van der Waals surface area contributed by atoms with Crippen LogP contribution in [-0.4, -0.2) is 16.9 Å². The predicted octanol–water partition coefficient (Wildman–Crippen LogP) is 5.32. The number of hydrogen-bond donors (Lipinski definition) is 1. The number of fused-ring (bicyclic) bond motifs is 1. The van der Waals surface area contributed by atoms with E-state index in [4.69, 9.17) is 0 Å².